The summed E-state index contributed by atoms with van der Waals surface area (Å²) in [6.07, 6.45) is 0.624. The van der Waals surface area contributed by atoms with Crippen LogP contribution in [0.25, 0.3) is 0 Å². The molecule has 2 amide bonds. The highest BCUT2D eigenvalue weighted by atomic mass is 16.5. The van der Waals surface area contributed by atoms with Crippen LogP contribution in [0.1, 0.15) is 20.3 Å². The zero-order valence-corrected chi connectivity index (χ0v) is 8.16. The molecule has 3 atom stereocenters. The number of methoxy groups -OCH3 is 1. The lowest BCUT2D eigenvalue weighted by atomic mass is 9.91. The Labute approximate surface area is 77.6 Å². The minimum absolute atomic E-state index is 0.0177. The Morgan fingerprint density at radius 1 is 1.46 bits per heavy atom. The zero-order valence-electron chi connectivity index (χ0n) is 8.16. The molecule has 0 aromatic rings. The molecule has 0 radical (unpaired) electrons. The van der Waals surface area contributed by atoms with Gasteiger partial charge in [-0.1, -0.05) is 6.92 Å². The SMILES string of the molecule is COC(C)CC1C(=O)NC(=O)C1C. The maximum absolute atomic E-state index is 11.3. The van der Waals surface area contributed by atoms with Crippen molar-refractivity contribution in [2.45, 2.75) is 26.4 Å². The van der Waals surface area contributed by atoms with Gasteiger partial charge >= 0.3 is 0 Å². The summed E-state index contributed by atoms with van der Waals surface area (Å²) in [5.74, 6) is -0.771. The van der Waals surface area contributed by atoms with Gasteiger partial charge in [0.25, 0.3) is 0 Å². The third kappa shape index (κ3) is 2.06. The van der Waals surface area contributed by atoms with Gasteiger partial charge in [0.15, 0.2) is 0 Å². The van der Waals surface area contributed by atoms with Crippen molar-refractivity contribution in [3.05, 3.63) is 0 Å². The Bertz CT molecular complexity index is 227. The fourth-order valence-electron chi connectivity index (χ4n) is 1.50. The first-order chi connectivity index (χ1) is 6.06. The van der Waals surface area contributed by atoms with Gasteiger partial charge < -0.3 is 4.74 Å². The van der Waals surface area contributed by atoms with Crippen LogP contribution in [-0.2, 0) is 14.3 Å². The summed E-state index contributed by atoms with van der Waals surface area (Å²) >= 11 is 0. The molecule has 0 bridgehead atoms. The van der Waals surface area contributed by atoms with E-state index in [4.69, 9.17) is 4.74 Å². The molecule has 74 valence electrons. The Hall–Kier alpha value is -0.900. The van der Waals surface area contributed by atoms with Crippen LogP contribution < -0.4 is 5.32 Å². The maximum atomic E-state index is 11.3. The summed E-state index contributed by atoms with van der Waals surface area (Å²) in [5, 5.41) is 2.31. The molecule has 1 fully saturated rings. The normalized spacial score (nSPS) is 30.4. The Balaban J connectivity index is 2.58. The molecule has 3 unspecified atom stereocenters. The predicted octanol–water partition coefficient (Wildman–Crippen LogP) is 0.320. The van der Waals surface area contributed by atoms with Crippen LogP contribution in [0.2, 0.25) is 0 Å². The first-order valence-electron chi connectivity index (χ1n) is 4.43. The van der Waals surface area contributed by atoms with Crippen molar-refractivity contribution in [1.82, 2.24) is 5.32 Å². The van der Waals surface area contributed by atoms with Crippen LogP contribution >= 0.6 is 0 Å². The van der Waals surface area contributed by atoms with Crippen molar-refractivity contribution in [2.24, 2.45) is 11.8 Å². The Kier molecular flexibility index (Phi) is 3.03. The molecule has 4 heteroatoms. The lowest BCUT2D eigenvalue weighted by Gasteiger charge is -2.15. The van der Waals surface area contributed by atoms with Crippen LogP contribution in [0.3, 0.4) is 0 Å². The number of amides is 2. The van der Waals surface area contributed by atoms with Crippen molar-refractivity contribution >= 4 is 11.8 Å². The second-order valence-corrected chi connectivity index (χ2v) is 3.53. The lowest BCUT2D eigenvalue weighted by molar-refractivity contribution is -0.126. The number of hydrogen-bond donors (Lipinski definition) is 1. The Morgan fingerprint density at radius 2 is 2.08 bits per heavy atom. The van der Waals surface area contributed by atoms with Gasteiger partial charge in [-0.3, -0.25) is 14.9 Å². The minimum Gasteiger partial charge on any atom is -0.382 e. The molecular formula is C9H15NO3. The van der Waals surface area contributed by atoms with Crippen LogP contribution in [0.15, 0.2) is 0 Å². The number of ether oxygens (including phenoxy) is 1. The van der Waals surface area contributed by atoms with Gasteiger partial charge in [-0.05, 0) is 13.3 Å². The monoisotopic (exact) mass is 185 g/mol. The van der Waals surface area contributed by atoms with Crippen molar-refractivity contribution in [3.63, 3.8) is 0 Å². The summed E-state index contributed by atoms with van der Waals surface area (Å²) in [4.78, 5) is 22.4. The molecule has 13 heavy (non-hydrogen) atoms. The van der Waals surface area contributed by atoms with Crippen LogP contribution in [0, 0.1) is 11.8 Å². The van der Waals surface area contributed by atoms with E-state index in [1.54, 1.807) is 14.0 Å². The van der Waals surface area contributed by atoms with E-state index in [2.05, 4.69) is 5.32 Å². The van der Waals surface area contributed by atoms with Crippen molar-refractivity contribution in [3.8, 4) is 0 Å². The molecular weight excluding hydrogens is 170 g/mol. The van der Waals surface area contributed by atoms with Gasteiger partial charge in [0, 0.05) is 13.0 Å². The number of rotatable bonds is 3. The van der Waals surface area contributed by atoms with Crippen molar-refractivity contribution in [1.29, 1.82) is 0 Å². The first kappa shape index (κ1) is 10.2. The minimum atomic E-state index is -0.220. The third-order valence-electron chi connectivity index (χ3n) is 2.59. The third-order valence-corrected chi connectivity index (χ3v) is 2.59. The fourth-order valence-corrected chi connectivity index (χ4v) is 1.50. The van der Waals surface area contributed by atoms with Crippen molar-refractivity contribution in [2.75, 3.05) is 7.11 Å². The van der Waals surface area contributed by atoms with E-state index in [-0.39, 0.29) is 29.8 Å². The number of carbonyl (C=O) groups excluding carboxylic acids is 2. The van der Waals surface area contributed by atoms with E-state index in [1.165, 1.54) is 0 Å². The lowest BCUT2D eigenvalue weighted by Crippen LogP contribution is -2.24. The van der Waals surface area contributed by atoms with Crippen LogP contribution in [0.5, 0.6) is 0 Å². The molecule has 1 saturated heterocycles. The zero-order chi connectivity index (χ0) is 10.0. The fraction of sp³-hybridized carbons (Fsp3) is 0.778. The highest BCUT2D eigenvalue weighted by molar-refractivity contribution is 6.04. The Morgan fingerprint density at radius 3 is 2.46 bits per heavy atom. The maximum Gasteiger partial charge on any atom is 0.230 e. The van der Waals surface area contributed by atoms with Gasteiger partial charge in [0.2, 0.25) is 11.8 Å². The number of hydrogen-bond acceptors (Lipinski definition) is 3. The van der Waals surface area contributed by atoms with E-state index in [9.17, 15) is 9.59 Å². The summed E-state index contributed by atoms with van der Waals surface area (Å²) in [5.41, 5.74) is 0. The second kappa shape index (κ2) is 3.87. The first-order valence-corrected chi connectivity index (χ1v) is 4.43. The molecule has 0 aromatic heterocycles. The van der Waals surface area contributed by atoms with Gasteiger partial charge in [-0.2, -0.15) is 0 Å². The largest absolute Gasteiger partial charge is 0.382 e. The highest BCUT2D eigenvalue weighted by Crippen LogP contribution is 2.23. The molecule has 1 aliphatic rings. The van der Waals surface area contributed by atoms with Gasteiger partial charge in [0.05, 0.1) is 12.0 Å². The topological polar surface area (TPSA) is 55.4 Å². The van der Waals surface area contributed by atoms with Gasteiger partial charge in [-0.15, -0.1) is 0 Å². The average molecular weight is 185 g/mol. The standard InChI is InChI=1S/C9H15NO3/c1-5(13-3)4-7-6(2)8(11)10-9(7)12/h5-7H,4H2,1-3H3,(H,10,11,12). The van der Waals surface area contributed by atoms with Crippen LogP contribution in [0.4, 0.5) is 0 Å². The number of nitrogens with one attached hydrogen (secondary N) is 1. The van der Waals surface area contributed by atoms with Gasteiger partial charge in [0.1, 0.15) is 0 Å². The molecule has 4 nitrogen and oxygen atoms in total. The summed E-state index contributed by atoms with van der Waals surface area (Å²) in [7, 11) is 1.60. The molecule has 0 aromatic carbocycles. The summed E-state index contributed by atoms with van der Waals surface area (Å²) in [6.45, 7) is 3.66. The second-order valence-electron chi connectivity index (χ2n) is 3.53. The van der Waals surface area contributed by atoms with E-state index < -0.39 is 0 Å². The van der Waals surface area contributed by atoms with Crippen molar-refractivity contribution < 1.29 is 14.3 Å². The molecule has 0 spiro atoms. The summed E-state index contributed by atoms with van der Waals surface area (Å²) < 4.78 is 5.05. The van der Waals surface area contributed by atoms with Crippen LogP contribution in [-0.4, -0.2) is 25.0 Å². The number of carbonyl (C=O) groups is 2. The molecule has 1 heterocycles. The van der Waals surface area contributed by atoms with E-state index in [1.807, 2.05) is 6.92 Å². The van der Waals surface area contributed by atoms with E-state index in [0.29, 0.717) is 6.42 Å². The molecule has 1 aliphatic heterocycles. The van der Waals surface area contributed by atoms with Gasteiger partial charge in [-0.25, -0.2) is 0 Å². The average Bonchev–Trinajstić information content (AvgIpc) is 2.32. The highest BCUT2D eigenvalue weighted by Gasteiger charge is 2.38. The summed E-state index contributed by atoms with van der Waals surface area (Å²) in [6, 6.07) is 0. The molecule has 1 N–H and O–H groups in total. The van der Waals surface area contributed by atoms with E-state index in [0.717, 1.165) is 0 Å². The molecule has 1 rings (SSSR count). The molecule has 0 aliphatic carbocycles. The van der Waals surface area contributed by atoms with E-state index >= 15 is 0 Å². The predicted molar refractivity (Wildman–Crippen MR) is 46.9 cm³/mol. The smallest absolute Gasteiger partial charge is 0.230 e. The molecule has 0 saturated carbocycles. The quantitative estimate of drug-likeness (QED) is 0.644. The number of imide groups is 1.